The van der Waals surface area contributed by atoms with E-state index in [2.05, 4.69) is 75.1 Å². The van der Waals surface area contributed by atoms with Gasteiger partial charge in [0.2, 0.25) is 11.8 Å². The van der Waals surface area contributed by atoms with Crippen molar-refractivity contribution in [2.24, 2.45) is 11.7 Å². The quantitative estimate of drug-likeness (QED) is 0.126. The van der Waals surface area contributed by atoms with Gasteiger partial charge in [0.15, 0.2) is 5.78 Å². The molecule has 0 saturated carbocycles. The molecule has 2 amide bonds. The number of aromatic nitrogens is 1. The molecule has 6 aromatic rings. The van der Waals surface area contributed by atoms with Crippen molar-refractivity contribution >= 4 is 40.3 Å². The molecule has 0 spiro atoms. The van der Waals surface area contributed by atoms with Crippen LogP contribution in [0.5, 0.6) is 0 Å². The molecule has 5 aromatic carbocycles. The average Bonchev–Trinajstić information content (AvgIpc) is 3.64. The number of hydrogen-bond donors (Lipinski definition) is 4. The second-order valence-electron chi connectivity index (χ2n) is 14.7. The van der Waals surface area contributed by atoms with Crippen molar-refractivity contribution < 1.29 is 14.4 Å². The van der Waals surface area contributed by atoms with E-state index in [0.29, 0.717) is 45.3 Å². The summed E-state index contributed by atoms with van der Waals surface area (Å²) in [4.78, 5) is 50.6. The number of H-pyrrole nitrogens is 1. The zero-order valence-electron chi connectivity index (χ0n) is 31.7. The van der Waals surface area contributed by atoms with E-state index in [1.54, 1.807) is 11.8 Å². The van der Waals surface area contributed by atoms with Gasteiger partial charge in [-0.1, -0.05) is 121 Å². The molecule has 3 atom stereocenters. The highest BCUT2D eigenvalue weighted by Gasteiger charge is 2.32. The number of carbonyl (C=O) groups is 3. The maximum Gasteiger partial charge on any atom is 0.238 e. The number of nitrogens with two attached hydrogens (primary N) is 1. The van der Waals surface area contributed by atoms with E-state index < -0.39 is 18.0 Å². The third kappa shape index (κ3) is 9.48. The molecule has 0 aliphatic carbocycles. The Balaban J connectivity index is 1.24. The summed E-state index contributed by atoms with van der Waals surface area (Å²) in [6, 6.07) is 41.5. The predicted molar refractivity (Wildman–Crippen MR) is 225 cm³/mol. The van der Waals surface area contributed by atoms with Crippen LogP contribution in [0.15, 0.2) is 143 Å². The van der Waals surface area contributed by atoms with Gasteiger partial charge in [-0.05, 0) is 90.9 Å². The molecule has 1 aliphatic rings. The molecule has 0 radical (unpaired) electrons. The van der Waals surface area contributed by atoms with Gasteiger partial charge in [0.1, 0.15) is 0 Å². The van der Waals surface area contributed by atoms with Crippen LogP contribution in [-0.2, 0) is 40.3 Å². The van der Waals surface area contributed by atoms with Crippen LogP contribution in [0.25, 0.3) is 22.0 Å². The van der Waals surface area contributed by atoms with Gasteiger partial charge in [0.05, 0.1) is 12.1 Å². The Bertz CT molecular complexity index is 2270. The Hall–Kier alpha value is -5.48. The first-order chi connectivity index (χ1) is 27.4. The Kier molecular flexibility index (Phi) is 12.8. The summed E-state index contributed by atoms with van der Waals surface area (Å²) in [7, 11) is 1.97. The number of Topliss-reactive ketones (excluding diaryl/α,β-unsaturated/α-hetero) is 1. The van der Waals surface area contributed by atoms with E-state index in [9.17, 15) is 14.4 Å². The van der Waals surface area contributed by atoms with Gasteiger partial charge in [0, 0.05) is 52.3 Å². The molecule has 0 unspecified atom stereocenters. The molecule has 9 heteroatoms. The fourth-order valence-electron chi connectivity index (χ4n) is 7.56. The Labute approximate surface area is 333 Å². The minimum absolute atomic E-state index is 0.0237. The molecule has 1 aliphatic heterocycles. The third-order valence-corrected chi connectivity index (χ3v) is 12.0. The lowest BCUT2D eigenvalue weighted by molar-refractivity contribution is -0.133. The van der Waals surface area contributed by atoms with E-state index in [1.807, 2.05) is 86.0 Å². The van der Waals surface area contributed by atoms with Crippen LogP contribution >= 0.6 is 11.8 Å². The average molecular weight is 764 g/mol. The number of fused-ring (bicyclic) bond motifs is 3. The summed E-state index contributed by atoms with van der Waals surface area (Å²) in [6.45, 7) is 1.21. The van der Waals surface area contributed by atoms with Gasteiger partial charge >= 0.3 is 0 Å². The number of nitrogens with one attached hydrogen (secondary N) is 3. The lowest BCUT2D eigenvalue weighted by Crippen LogP contribution is -2.52. The predicted octanol–water partition coefficient (Wildman–Crippen LogP) is 7.70. The molecular weight excluding hydrogens is 715 g/mol. The number of likely N-dealkylation sites (N-methyl/N-ethyl adjacent to an activating group) is 1. The molecule has 1 aromatic heterocycles. The van der Waals surface area contributed by atoms with E-state index in [-0.39, 0.29) is 24.0 Å². The molecule has 7 rings (SSSR count). The van der Waals surface area contributed by atoms with Crippen molar-refractivity contribution in [1.29, 1.82) is 0 Å². The van der Waals surface area contributed by atoms with E-state index in [1.165, 1.54) is 0 Å². The first kappa shape index (κ1) is 38.8. The molecule has 2 heterocycles. The fraction of sp³-hybridized carbons (Fsp3) is 0.255. The highest BCUT2D eigenvalue weighted by Crippen LogP contribution is 2.34. The summed E-state index contributed by atoms with van der Waals surface area (Å²) < 4.78 is 0. The van der Waals surface area contributed by atoms with Gasteiger partial charge in [-0.3, -0.25) is 19.3 Å². The number of hydrogen-bond acceptors (Lipinski definition) is 6. The summed E-state index contributed by atoms with van der Waals surface area (Å²) >= 11 is 1.66. The van der Waals surface area contributed by atoms with Crippen molar-refractivity contribution in [2.75, 3.05) is 13.6 Å². The second kappa shape index (κ2) is 18.4. The summed E-state index contributed by atoms with van der Waals surface area (Å²) in [5.74, 6) is -1.26. The van der Waals surface area contributed by atoms with Crippen LogP contribution in [0, 0.1) is 5.92 Å². The van der Waals surface area contributed by atoms with Gasteiger partial charge in [-0.15, -0.1) is 0 Å². The van der Waals surface area contributed by atoms with E-state index in [0.717, 1.165) is 54.1 Å². The Morgan fingerprint density at radius 1 is 0.732 bits per heavy atom. The van der Waals surface area contributed by atoms with Crippen LogP contribution in [0.1, 0.15) is 41.5 Å². The summed E-state index contributed by atoms with van der Waals surface area (Å²) in [5, 5.41) is 7.37. The van der Waals surface area contributed by atoms with Crippen molar-refractivity contribution in [3.05, 3.63) is 156 Å². The number of ketones is 1. The lowest BCUT2D eigenvalue weighted by Gasteiger charge is -2.30. The van der Waals surface area contributed by atoms with E-state index in [4.69, 9.17) is 5.73 Å². The van der Waals surface area contributed by atoms with Crippen LogP contribution in [0.3, 0.4) is 0 Å². The van der Waals surface area contributed by atoms with Crippen LogP contribution in [0.4, 0.5) is 0 Å². The van der Waals surface area contributed by atoms with E-state index >= 15 is 0 Å². The fourth-order valence-corrected chi connectivity index (χ4v) is 8.62. The molecule has 8 nitrogen and oxygen atoms in total. The molecule has 0 bridgehead atoms. The highest BCUT2D eigenvalue weighted by atomic mass is 32.2. The summed E-state index contributed by atoms with van der Waals surface area (Å²) in [6.07, 6.45) is 3.65. The lowest BCUT2D eigenvalue weighted by atomic mass is 9.89. The second-order valence-corrected chi connectivity index (χ2v) is 15.7. The van der Waals surface area contributed by atoms with Crippen molar-refractivity contribution in [3.8, 4) is 11.1 Å². The zero-order valence-corrected chi connectivity index (χ0v) is 32.6. The zero-order chi connectivity index (χ0) is 38.9. The number of carbonyl (C=O) groups excluding carboxylic acids is 3. The topological polar surface area (TPSA) is 120 Å². The SMILES string of the molecule is CN1Cc2ccccc2Sc2ccccc2CNC(=O)[C@H](Cc2c[nH]c3ccccc23)CC(=O)[C@H](CCCN)NC(=O)[C@@H]1Cc1ccc(-c2ccccc2)cc1. The molecule has 56 heavy (non-hydrogen) atoms. The highest BCUT2D eigenvalue weighted by molar-refractivity contribution is 7.99. The maximum absolute atomic E-state index is 14.6. The first-order valence-corrected chi connectivity index (χ1v) is 20.2. The number of aromatic amines is 1. The maximum atomic E-state index is 14.6. The van der Waals surface area contributed by atoms with Crippen molar-refractivity contribution in [3.63, 3.8) is 0 Å². The third-order valence-electron chi connectivity index (χ3n) is 10.7. The van der Waals surface area contributed by atoms with Gasteiger partial charge in [-0.2, -0.15) is 0 Å². The van der Waals surface area contributed by atoms with Crippen molar-refractivity contribution in [2.45, 2.75) is 67.1 Å². The number of rotatable bonds is 8. The Morgan fingerprint density at radius 2 is 1.39 bits per heavy atom. The van der Waals surface area contributed by atoms with Gasteiger partial charge in [0.25, 0.3) is 0 Å². The van der Waals surface area contributed by atoms with Gasteiger partial charge in [-0.25, -0.2) is 0 Å². The van der Waals surface area contributed by atoms with Crippen molar-refractivity contribution in [1.82, 2.24) is 20.5 Å². The molecule has 5 N–H and O–H groups in total. The minimum atomic E-state index is -0.792. The van der Waals surface area contributed by atoms with Gasteiger partial charge < -0.3 is 21.4 Å². The number of nitrogens with zero attached hydrogens (tertiary/aromatic N) is 1. The van der Waals surface area contributed by atoms with Crippen LogP contribution in [-0.4, -0.2) is 53.2 Å². The smallest absolute Gasteiger partial charge is 0.238 e. The minimum Gasteiger partial charge on any atom is -0.361 e. The molecule has 0 fully saturated rings. The first-order valence-electron chi connectivity index (χ1n) is 19.4. The molecule has 286 valence electrons. The number of para-hydroxylation sites is 1. The largest absolute Gasteiger partial charge is 0.361 e. The van der Waals surface area contributed by atoms with Crippen LogP contribution < -0.4 is 16.4 Å². The summed E-state index contributed by atoms with van der Waals surface area (Å²) in [5.41, 5.74) is 13.2. The molecule has 0 saturated heterocycles. The van der Waals surface area contributed by atoms with Crippen LogP contribution in [0.2, 0.25) is 0 Å². The number of amides is 2. The monoisotopic (exact) mass is 763 g/mol. The number of benzene rings is 5. The standard InChI is InChI=1S/C47H49N5O3S/c1-52-31-36-15-6-10-20-45(36)56-44-19-9-5-14-35(44)29-50-46(54)37(27-38-30-49-40-17-8-7-16-39(38)40)28-43(53)41(18-11-25-48)51-47(55)42(52)26-32-21-23-34(24-22-32)33-12-3-2-4-13-33/h2-10,12-17,19-24,30,37,41-42,49H,11,18,25-29,31,48H2,1H3,(H,50,54)(H,51,55)/t37-,41+,42+/m1/s1. The molecular formula is C47H49N5O3S. The Morgan fingerprint density at radius 3 is 2.16 bits per heavy atom. The normalized spacial score (nSPS) is 18.8.